The van der Waals surface area contributed by atoms with E-state index in [-0.39, 0.29) is 0 Å². The number of anilines is 2. The molecule has 0 radical (unpaired) electrons. The lowest BCUT2D eigenvalue weighted by Gasteiger charge is -2.44. The highest BCUT2D eigenvalue weighted by Crippen LogP contribution is 2.28. The zero-order valence-electron chi connectivity index (χ0n) is 13.7. The molecule has 0 N–H and O–H groups in total. The molecule has 1 aliphatic heterocycles. The summed E-state index contributed by atoms with van der Waals surface area (Å²) in [6.07, 6.45) is 3.42. The van der Waals surface area contributed by atoms with Gasteiger partial charge in [-0.05, 0) is 12.1 Å². The Labute approximate surface area is 143 Å². The number of nitrogens with zero attached hydrogens (tertiary/aromatic N) is 8. The largest absolute Gasteiger partial charge is 0.351 e. The monoisotopic (exact) mass is 332 g/mol. The van der Waals surface area contributed by atoms with E-state index < -0.39 is 0 Å². The Morgan fingerprint density at radius 1 is 1.04 bits per heavy atom. The maximum Gasteiger partial charge on any atom is 0.177 e. The summed E-state index contributed by atoms with van der Waals surface area (Å²) in [5, 5.41) is 23.1. The van der Waals surface area contributed by atoms with Crippen molar-refractivity contribution in [1.82, 2.24) is 30.0 Å². The number of hydrogen-bond donors (Lipinski definition) is 0. The van der Waals surface area contributed by atoms with Gasteiger partial charge in [-0.2, -0.15) is 9.61 Å². The summed E-state index contributed by atoms with van der Waals surface area (Å²) in [5.41, 5.74) is 0.754. The Morgan fingerprint density at radius 3 is 2.84 bits per heavy atom. The predicted octanol–water partition coefficient (Wildman–Crippen LogP) is 1.39. The van der Waals surface area contributed by atoms with Gasteiger partial charge in [-0.15, -0.1) is 20.4 Å². The van der Waals surface area contributed by atoms with Crippen LogP contribution < -0.4 is 9.80 Å². The smallest absolute Gasteiger partial charge is 0.177 e. The van der Waals surface area contributed by atoms with Crippen LogP contribution >= 0.6 is 0 Å². The van der Waals surface area contributed by atoms with Crippen molar-refractivity contribution < 1.29 is 0 Å². The highest BCUT2D eigenvalue weighted by atomic mass is 15.4. The molecular formula is C17H16N8. The molecule has 0 spiro atoms. The number of benzene rings is 1. The van der Waals surface area contributed by atoms with Gasteiger partial charge in [0.1, 0.15) is 12.1 Å². The minimum absolute atomic E-state index is 0.374. The number of fused-ring (bicyclic) bond motifs is 2. The summed E-state index contributed by atoms with van der Waals surface area (Å²) < 4.78 is 1.70. The third-order valence-electron chi connectivity index (χ3n) is 4.77. The summed E-state index contributed by atoms with van der Waals surface area (Å²) in [6, 6.07) is 12.5. The minimum atomic E-state index is 0.374. The van der Waals surface area contributed by atoms with Gasteiger partial charge in [0.15, 0.2) is 11.5 Å². The third-order valence-corrected chi connectivity index (χ3v) is 4.77. The van der Waals surface area contributed by atoms with Gasteiger partial charge < -0.3 is 9.80 Å². The second kappa shape index (κ2) is 5.37. The first-order chi connectivity index (χ1) is 12.3. The molecular weight excluding hydrogens is 316 g/mol. The van der Waals surface area contributed by atoms with Gasteiger partial charge in [0.05, 0.1) is 12.2 Å². The fraction of sp³-hybridized carbons (Fsp3) is 0.235. The van der Waals surface area contributed by atoms with Crippen LogP contribution in [0, 0.1) is 0 Å². The van der Waals surface area contributed by atoms with Crippen LogP contribution in [0.1, 0.15) is 0 Å². The highest BCUT2D eigenvalue weighted by molar-refractivity contribution is 5.91. The molecule has 0 unspecified atom stereocenters. The van der Waals surface area contributed by atoms with E-state index >= 15 is 0 Å². The van der Waals surface area contributed by atoms with Crippen molar-refractivity contribution in [2.75, 3.05) is 29.9 Å². The van der Waals surface area contributed by atoms with Gasteiger partial charge in [-0.3, -0.25) is 0 Å². The molecule has 5 rings (SSSR count). The number of hydrogen-bond acceptors (Lipinski definition) is 7. The zero-order chi connectivity index (χ0) is 16.8. The van der Waals surface area contributed by atoms with Crippen LogP contribution in [0.3, 0.4) is 0 Å². The standard InChI is InChI=1S/C17H16N8/c1-23(17-14-5-3-2-4-12(14)8-18-21-17)13-9-24(10-13)16-7-6-15-20-19-11-25(15)22-16/h2-8,11,13H,9-10H2,1H3. The van der Waals surface area contributed by atoms with Crippen LogP contribution in [0.15, 0.2) is 48.9 Å². The molecule has 0 amide bonds. The molecule has 4 heterocycles. The Balaban J connectivity index is 1.37. The average Bonchev–Trinajstić information content (AvgIpc) is 3.07. The third kappa shape index (κ3) is 2.25. The molecule has 8 heteroatoms. The van der Waals surface area contributed by atoms with Gasteiger partial charge >= 0.3 is 0 Å². The SMILES string of the molecule is CN(c1nncc2ccccc12)C1CN(c2ccc3nncn3n2)C1. The maximum atomic E-state index is 4.54. The predicted molar refractivity (Wildman–Crippen MR) is 94.7 cm³/mol. The quantitative estimate of drug-likeness (QED) is 0.561. The van der Waals surface area contributed by atoms with E-state index in [1.165, 1.54) is 0 Å². The molecule has 1 aliphatic rings. The fourth-order valence-corrected chi connectivity index (χ4v) is 3.22. The molecule has 124 valence electrons. The molecule has 0 aliphatic carbocycles. The van der Waals surface area contributed by atoms with Gasteiger partial charge in [-0.25, -0.2) is 0 Å². The molecule has 3 aromatic heterocycles. The average molecular weight is 332 g/mol. The summed E-state index contributed by atoms with van der Waals surface area (Å²) in [6.45, 7) is 1.78. The zero-order valence-corrected chi connectivity index (χ0v) is 13.7. The van der Waals surface area contributed by atoms with Crippen LogP contribution in [0.4, 0.5) is 11.6 Å². The van der Waals surface area contributed by atoms with E-state index in [0.717, 1.165) is 41.1 Å². The minimum Gasteiger partial charge on any atom is -0.351 e. The van der Waals surface area contributed by atoms with Crippen LogP contribution in [0.5, 0.6) is 0 Å². The van der Waals surface area contributed by atoms with E-state index in [9.17, 15) is 0 Å². The lowest BCUT2D eigenvalue weighted by atomic mass is 10.1. The number of rotatable bonds is 3. The first-order valence-corrected chi connectivity index (χ1v) is 8.15. The van der Waals surface area contributed by atoms with Crippen LogP contribution in [-0.4, -0.2) is 56.2 Å². The molecule has 1 aromatic carbocycles. The second-order valence-corrected chi connectivity index (χ2v) is 6.25. The van der Waals surface area contributed by atoms with Crippen LogP contribution in [-0.2, 0) is 0 Å². The normalized spacial score (nSPS) is 14.8. The van der Waals surface area contributed by atoms with Crippen molar-refractivity contribution in [2.24, 2.45) is 0 Å². The van der Waals surface area contributed by atoms with Crippen molar-refractivity contribution in [2.45, 2.75) is 6.04 Å². The first-order valence-electron chi connectivity index (χ1n) is 8.15. The Kier molecular flexibility index (Phi) is 3.03. The second-order valence-electron chi connectivity index (χ2n) is 6.25. The van der Waals surface area contributed by atoms with Crippen molar-refractivity contribution in [3.8, 4) is 0 Å². The molecule has 25 heavy (non-hydrogen) atoms. The van der Waals surface area contributed by atoms with Gasteiger partial charge in [0, 0.05) is 30.9 Å². The summed E-state index contributed by atoms with van der Waals surface area (Å²) in [5.74, 6) is 1.85. The lowest BCUT2D eigenvalue weighted by Crippen LogP contribution is -2.59. The van der Waals surface area contributed by atoms with Gasteiger partial charge in [0.2, 0.25) is 0 Å². The molecule has 4 aromatic rings. The fourth-order valence-electron chi connectivity index (χ4n) is 3.22. The summed E-state index contributed by atoms with van der Waals surface area (Å²) in [4.78, 5) is 4.45. The van der Waals surface area contributed by atoms with Crippen molar-refractivity contribution in [3.05, 3.63) is 48.9 Å². The van der Waals surface area contributed by atoms with Gasteiger partial charge in [0.25, 0.3) is 0 Å². The summed E-state index contributed by atoms with van der Waals surface area (Å²) in [7, 11) is 2.08. The van der Waals surface area contributed by atoms with Crippen molar-refractivity contribution >= 4 is 28.1 Å². The first kappa shape index (κ1) is 14.1. The molecule has 0 saturated carbocycles. The number of likely N-dealkylation sites (N-methyl/N-ethyl adjacent to an activating group) is 1. The maximum absolute atomic E-state index is 4.54. The molecule has 1 fully saturated rings. The van der Waals surface area contributed by atoms with E-state index in [4.69, 9.17) is 0 Å². The molecule has 8 nitrogen and oxygen atoms in total. The van der Waals surface area contributed by atoms with E-state index in [1.54, 1.807) is 17.0 Å². The molecule has 0 bridgehead atoms. The lowest BCUT2D eigenvalue weighted by molar-refractivity contribution is 0.487. The van der Waals surface area contributed by atoms with Gasteiger partial charge in [-0.1, -0.05) is 24.3 Å². The summed E-state index contributed by atoms with van der Waals surface area (Å²) >= 11 is 0. The van der Waals surface area contributed by atoms with Crippen molar-refractivity contribution in [3.63, 3.8) is 0 Å². The molecule has 0 atom stereocenters. The number of aromatic nitrogens is 6. The van der Waals surface area contributed by atoms with E-state index in [1.807, 2.05) is 24.3 Å². The van der Waals surface area contributed by atoms with E-state index in [2.05, 4.69) is 54.5 Å². The van der Waals surface area contributed by atoms with Crippen molar-refractivity contribution in [1.29, 1.82) is 0 Å². The highest BCUT2D eigenvalue weighted by Gasteiger charge is 2.32. The van der Waals surface area contributed by atoms with E-state index in [0.29, 0.717) is 6.04 Å². The molecule has 1 saturated heterocycles. The Hall–Kier alpha value is -3.29. The Morgan fingerprint density at radius 2 is 1.92 bits per heavy atom. The topological polar surface area (TPSA) is 75.3 Å². The van der Waals surface area contributed by atoms with Crippen LogP contribution in [0.25, 0.3) is 16.4 Å². The van der Waals surface area contributed by atoms with Crippen LogP contribution in [0.2, 0.25) is 0 Å². The Bertz CT molecular complexity index is 1050.